The van der Waals surface area contributed by atoms with Crippen LogP contribution >= 0.6 is 23.2 Å². The van der Waals surface area contributed by atoms with Gasteiger partial charge in [-0.15, -0.1) is 0 Å². The first kappa shape index (κ1) is 17.4. The Labute approximate surface area is 142 Å². The second-order valence-corrected chi connectivity index (χ2v) is 5.25. The summed E-state index contributed by atoms with van der Waals surface area (Å²) in [6.07, 6.45) is 1.89. The lowest BCUT2D eigenvalue weighted by molar-refractivity contribution is -0.142. The van der Waals surface area contributed by atoms with Gasteiger partial charge in [-0.05, 0) is 18.6 Å². The first-order valence-electron chi connectivity index (χ1n) is 6.66. The minimum atomic E-state index is -0.608. The van der Waals surface area contributed by atoms with Crippen molar-refractivity contribution in [1.29, 1.82) is 0 Å². The molecule has 0 amide bonds. The molecule has 0 aliphatic heterocycles. The van der Waals surface area contributed by atoms with Crippen LogP contribution < -0.4 is 4.74 Å². The van der Waals surface area contributed by atoms with Gasteiger partial charge in [0.05, 0.1) is 28.5 Å². The molecule has 0 aliphatic carbocycles. The number of rotatable bonds is 5. The Kier molecular flexibility index (Phi) is 5.74. The van der Waals surface area contributed by atoms with Gasteiger partial charge in [-0.2, -0.15) is 0 Å². The molecular formula is C15H13Cl2FN2O3. The van der Waals surface area contributed by atoms with Gasteiger partial charge in [0.25, 0.3) is 0 Å². The van der Waals surface area contributed by atoms with Crippen molar-refractivity contribution in [1.82, 2.24) is 9.97 Å². The molecule has 0 unspecified atom stereocenters. The summed E-state index contributed by atoms with van der Waals surface area (Å²) in [6, 6.07) is 2.42. The summed E-state index contributed by atoms with van der Waals surface area (Å²) >= 11 is 12.1. The number of methoxy groups -OCH3 is 1. The summed E-state index contributed by atoms with van der Waals surface area (Å²) in [4.78, 5) is 19.2. The molecule has 0 radical (unpaired) electrons. The third-order valence-electron chi connectivity index (χ3n) is 3.05. The van der Waals surface area contributed by atoms with Crippen LogP contribution in [0.5, 0.6) is 5.75 Å². The lowest BCUT2D eigenvalue weighted by Crippen LogP contribution is -2.12. The maximum Gasteiger partial charge on any atom is 0.343 e. The Morgan fingerprint density at radius 2 is 2.04 bits per heavy atom. The molecule has 1 aromatic carbocycles. The van der Waals surface area contributed by atoms with E-state index in [9.17, 15) is 9.18 Å². The summed E-state index contributed by atoms with van der Waals surface area (Å²) in [6.45, 7) is 1.53. The van der Waals surface area contributed by atoms with Gasteiger partial charge in [0.15, 0.2) is 6.61 Å². The molecule has 0 fully saturated rings. The summed E-state index contributed by atoms with van der Waals surface area (Å²) in [5.74, 6) is -1.07. The van der Waals surface area contributed by atoms with Crippen LogP contribution in [0.15, 0.2) is 18.5 Å². The van der Waals surface area contributed by atoms with E-state index in [1.807, 2.05) is 6.92 Å². The quantitative estimate of drug-likeness (QED) is 0.762. The molecule has 5 nitrogen and oxygen atoms in total. The average Bonchev–Trinajstić information content (AvgIpc) is 2.54. The fourth-order valence-electron chi connectivity index (χ4n) is 1.86. The summed E-state index contributed by atoms with van der Waals surface area (Å²) in [7, 11) is 1.23. The van der Waals surface area contributed by atoms with E-state index in [2.05, 4.69) is 14.7 Å². The number of hydrogen-bond acceptors (Lipinski definition) is 5. The molecule has 23 heavy (non-hydrogen) atoms. The smallest absolute Gasteiger partial charge is 0.343 e. The number of benzene rings is 1. The van der Waals surface area contributed by atoms with E-state index in [1.165, 1.54) is 19.5 Å². The Morgan fingerprint density at radius 1 is 1.30 bits per heavy atom. The predicted octanol–water partition coefficient (Wildman–Crippen LogP) is 3.70. The molecule has 0 saturated carbocycles. The molecule has 2 aromatic rings. The maximum absolute atomic E-state index is 14.2. The molecule has 0 spiro atoms. The standard InChI is InChI=1S/C15H13Cl2FN2O3/c1-3-11-14(17)15(20-7-19-11)8-4-12(9(16)5-10(8)18)23-6-13(21)22-2/h4-5,7H,3,6H2,1-2H3. The highest BCUT2D eigenvalue weighted by molar-refractivity contribution is 6.34. The van der Waals surface area contributed by atoms with Crippen LogP contribution in [0.1, 0.15) is 12.6 Å². The number of carbonyl (C=O) groups excluding carboxylic acids is 1. The van der Waals surface area contributed by atoms with Crippen LogP contribution in [0.2, 0.25) is 10.0 Å². The highest BCUT2D eigenvalue weighted by atomic mass is 35.5. The normalized spacial score (nSPS) is 10.5. The van der Waals surface area contributed by atoms with Gasteiger partial charge < -0.3 is 9.47 Å². The summed E-state index contributed by atoms with van der Waals surface area (Å²) in [5, 5.41) is 0.284. The molecule has 1 heterocycles. The lowest BCUT2D eigenvalue weighted by Gasteiger charge is -2.12. The maximum atomic E-state index is 14.2. The first-order chi connectivity index (χ1) is 11.0. The van der Waals surface area contributed by atoms with E-state index in [4.69, 9.17) is 27.9 Å². The van der Waals surface area contributed by atoms with Gasteiger partial charge in [-0.1, -0.05) is 30.1 Å². The van der Waals surface area contributed by atoms with Crippen LogP contribution in [-0.4, -0.2) is 29.7 Å². The van der Waals surface area contributed by atoms with Crippen LogP contribution in [0.4, 0.5) is 4.39 Å². The molecule has 0 bridgehead atoms. The van der Waals surface area contributed by atoms with E-state index < -0.39 is 11.8 Å². The zero-order valence-corrected chi connectivity index (χ0v) is 13.9. The number of aryl methyl sites for hydroxylation is 1. The number of hydrogen-bond donors (Lipinski definition) is 0. The van der Waals surface area contributed by atoms with Crippen molar-refractivity contribution < 1.29 is 18.7 Å². The van der Waals surface area contributed by atoms with Gasteiger partial charge in [-0.3, -0.25) is 0 Å². The molecule has 1 aromatic heterocycles. The van der Waals surface area contributed by atoms with Crippen LogP contribution in [0, 0.1) is 5.82 Å². The van der Waals surface area contributed by atoms with Gasteiger partial charge in [0.2, 0.25) is 0 Å². The van der Waals surface area contributed by atoms with Gasteiger partial charge >= 0.3 is 5.97 Å². The number of nitrogens with zero attached hydrogens (tertiary/aromatic N) is 2. The van der Waals surface area contributed by atoms with Gasteiger partial charge in [0, 0.05) is 5.56 Å². The fourth-order valence-corrected chi connectivity index (χ4v) is 2.40. The van der Waals surface area contributed by atoms with Crippen molar-refractivity contribution in [2.24, 2.45) is 0 Å². The Bertz CT molecular complexity index is 741. The van der Waals surface area contributed by atoms with Crippen molar-refractivity contribution in [2.75, 3.05) is 13.7 Å². The number of ether oxygens (including phenoxy) is 2. The minimum Gasteiger partial charge on any atom is -0.480 e. The Balaban J connectivity index is 2.45. The molecular weight excluding hydrogens is 346 g/mol. The Morgan fingerprint density at radius 3 is 2.70 bits per heavy atom. The summed E-state index contributed by atoms with van der Waals surface area (Å²) < 4.78 is 24.0. The zero-order chi connectivity index (χ0) is 17.0. The zero-order valence-electron chi connectivity index (χ0n) is 12.4. The Hall–Kier alpha value is -1.92. The second kappa shape index (κ2) is 7.57. The third kappa shape index (κ3) is 3.89. The molecule has 8 heteroatoms. The van der Waals surface area contributed by atoms with Crippen molar-refractivity contribution in [3.63, 3.8) is 0 Å². The van der Waals surface area contributed by atoms with Gasteiger partial charge in [-0.25, -0.2) is 19.2 Å². The van der Waals surface area contributed by atoms with E-state index in [1.54, 1.807) is 0 Å². The number of aromatic nitrogens is 2. The highest BCUT2D eigenvalue weighted by Crippen LogP contribution is 2.36. The number of carbonyl (C=O) groups is 1. The van der Waals surface area contributed by atoms with Crippen molar-refractivity contribution in [3.05, 3.63) is 40.0 Å². The second-order valence-electron chi connectivity index (χ2n) is 4.46. The van der Waals surface area contributed by atoms with Crippen LogP contribution in [-0.2, 0) is 16.0 Å². The average molecular weight is 359 g/mol. The molecule has 2 rings (SSSR count). The predicted molar refractivity (Wildman–Crippen MR) is 84.3 cm³/mol. The minimum absolute atomic E-state index is 0.0241. The topological polar surface area (TPSA) is 61.3 Å². The molecule has 0 N–H and O–H groups in total. The lowest BCUT2D eigenvalue weighted by atomic mass is 10.1. The van der Waals surface area contributed by atoms with E-state index >= 15 is 0 Å². The number of halogens is 3. The monoisotopic (exact) mass is 358 g/mol. The highest BCUT2D eigenvalue weighted by Gasteiger charge is 2.17. The molecule has 0 atom stereocenters. The van der Waals surface area contributed by atoms with E-state index in [-0.39, 0.29) is 33.7 Å². The van der Waals surface area contributed by atoms with E-state index in [0.29, 0.717) is 12.1 Å². The number of esters is 1. The molecule has 0 saturated heterocycles. The molecule has 122 valence electrons. The van der Waals surface area contributed by atoms with Crippen molar-refractivity contribution >= 4 is 29.2 Å². The van der Waals surface area contributed by atoms with Crippen LogP contribution in [0.25, 0.3) is 11.3 Å². The van der Waals surface area contributed by atoms with Gasteiger partial charge in [0.1, 0.15) is 17.9 Å². The van der Waals surface area contributed by atoms with Crippen molar-refractivity contribution in [3.8, 4) is 17.0 Å². The first-order valence-corrected chi connectivity index (χ1v) is 7.41. The third-order valence-corrected chi connectivity index (χ3v) is 3.74. The SMILES string of the molecule is CCc1ncnc(-c2cc(OCC(=O)OC)c(Cl)cc2F)c1Cl. The fraction of sp³-hybridized carbons (Fsp3) is 0.267. The van der Waals surface area contributed by atoms with Crippen LogP contribution in [0.3, 0.4) is 0 Å². The van der Waals surface area contributed by atoms with E-state index in [0.717, 1.165) is 6.07 Å². The summed E-state index contributed by atoms with van der Waals surface area (Å²) in [5.41, 5.74) is 0.940. The molecule has 0 aliphatic rings. The van der Waals surface area contributed by atoms with Crippen molar-refractivity contribution in [2.45, 2.75) is 13.3 Å². The largest absolute Gasteiger partial charge is 0.480 e.